The molecule has 0 unspecified atom stereocenters. The summed E-state index contributed by atoms with van der Waals surface area (Å²) >= 11 is 0. The summed E-state index contributed by atoms with van der Waals surface area (Å²) in [6.07, 6.45) is 6.51. The molecule has 2 aliphatic heterocycles. The van der Waals surface area contributed by atoms with Crippen LogP contribution in [-0.2, 0) is 18.9 Å². The van der Waals surface area contributed by atoms with Gasteiger partial charge in [-0.3, -0.25) is 0 Å². The van der Waals surface area contributed by atoms with Crippen molar-refractivity contribution in [3.05, 3.63) is 11.1 Å². The van der Waals surface area contributed by atoms with E-state index in [1.54, 1.807) is 0 Å². The Morgan fingerprint density at radius 1 is 0.879 bits per heavy atom. The van der Waals surface area contributed by atoms with Gasteiger partial charge in [-0.25, -0.2) is 4.39 Å². The molecule has 186 valence electrons. The number of hydrogen-bond donors (Lipinski definition) is 1. The summed E-state index contributed by atoms with van der Waals surface area (Å²) in [4.78, 5) is 0. The topological polar surface area (TPSA) is 57.2 Å². The maximum absolute atomic E-state index is 17.6. The maximum atomic E-state index is 17.6. The van der Waals surface area contributed by atoms with Crippen LogP contribution in [0.5, 0.6) is 0 Å². The second kappa shape index (κ2) is 7.03. The van der Waals surface area contributed by atoms with E-state index in [1.165, 1.54) is 11.1 Å². The quantitative estimate of drug-likeness (QED) is 0.579. The van der Waals surface area contributed by atoms with Crippen molar-refractivity contribution >= 4 is 0 Å². The lowest BCUT2D eigenvalue weighted by molar-refractivity contribution is -0.304. The summed E-state index contributed by atoms with van der Waals surface area (Å²) in [5.74, 6) is -1.52. The molecule has 5 fully saturated rings. The van der Waals surface area contributed by atoms with E-state index >= 15 is 4.39 Å². The van der Waals surface area contributed by atoms with Crippen molar-refractivity contribution in [3.8, 4) is 0 Å². The molecule has 4 aliphatic carbocycles. The highest BCUT2D eigenvalue weighted by atomic mass is 19.1. The lowest BCUT2D eigenvalue weighted by atomic mass is 9.43. The third kappa shape index (κ3) is 2.65. The van der Waals surface area contributed by atoms with Crippen LogP contribution in [0.25, 0.3) is 0 Å². The Morgan fingerprint density at radius 2 is 1.55 bits per heavy atom. The number of halogens is 1. The molecule has 0 amide bonds. The van der Waals surface area contributed by atoms with Gasteiger partial charge < -0.3 is 24.1 Å². The van der Waals surface area contributed by atoms with Crippen LogP contribution in [0.2, 0.25) is 0 Å². The zero-order valence-corrected chi connectivity index (χ0v) is 20.8. The molecule has 1 N–H and O–H groups in total. The molecular formula is C27H41FO5. The third-order valence-corrected chi connectivity index (χ3v) is 11.4. The summed E-state index contributed by atoms with van der Waals surface area (Å²) in [6.45, 7) is 10.8. The lowest BCUT2D eigenvalue weighted by Gasteiger charge is -2.64. The smallest absolute Gasteiger partial charge is 0.195 e. The molecule has 6 aliphatic rings. The van der Waals surface area contributed by atoms with Crippen LogP contribution in [0, 0.1) is 22.7 Å². The second-order valence-electron chi connectivity index (χ2n) is 12.3. The first-order valence-electron chi connectivity index (χ1n) is 13.3. The molecule has 1 spiro atoms. The largest absolute Gasteiger partial charge is 0.384 e. The van der Waals surface area contributed by atoms with Crippen molar-refractivity contribution in [2.75, 3.05) is 26.4 Å². The van der Waals surface area contributed by atoms with Gasteiger partial charge in [0.2, 0.25) is 0 Å². The van der Waals surface area contributed by atoms with Gasteiger partial charge in [0.15, 0.2) is 11.6 Å². The van der Waals surface area contributed by atoms with E-state index in [-0.39, 0.29) is 11.8 Å². The Bertz CT molecular complexity index is 861. The fraction of sp³-hybridized carbons (Fsp3) is 0.926. The Morgan fingerprint density at radius 3 is 2.21 bits per heavy atom. The van der Waals surface area contributed by atoms with Gasteiger partial charge in [0.25, 0.3) is 0 Å². The minimum Gasteiger partial charge on any atom is -0.384 e. The van der Waals surface area contributed by atoms with Crippen molar-refractivity contribution in [2.24, 2.45) is 22.7 Å². The molecule has 2 saturated heterocycles. The summed E-state index contributed by atoms with van der Waals surface area (Å²) < 4.78 is 41.8. The molecule has 6 heteroatoms. The highest BCUT2D eigenvalue weighted by Gasteiger charge is 2.74. The fourth-order valence-corrected chi connectivity index (χ4v) is 9.35. The average Bonchev–Trinajstić information content (AvgIpc) is 3.50. The van der Waals surface area contributed by atoms with Crippen LogP contribution < -0.4 is 0 Å². The predicted molar refractivity (Wildman–Crippen MR) is 121 cm³/mol. The van der Waals surface area contributed by atoms with E-state index in [2.05, 4.69) is 20.8 Å². The van der Waals surface area contributed by atoms with Crippen LogP contribution in [-0.4, -0.2) is 54.4 Å². The van der Waals surface area contributed by atoms with Gasteiger partial charge in [-0.15, -0.1) is 0 Å². The first-order valence-corrected chi connectivity index (χ1v) is 13.3. The molecule has 33 heavy (non-hydrogen) atoms. The van der Waals surface area contributed by atoms with E-state index < -0.39 is 33.7 Å². The average molecular weight is 465 g/mol. The highest BCUT2D eigenvalue weighted by molar-refractivity contribution is 5.37. The zero-order chi connectivity index (χ0) is 23.3. The van der Waals surface area contributed by atoms with Gasteiger partial charge in [-0.05, 0) is 57.8 Å². The van der Waals surface area contributed by atoms with Gasteiger partial charge in [-0.2, -0.15) is 0 Å². The van der Waals surface area contributed by atoms with E-state index in [9.17, 15) is 5.11 Å². The monoisotopic (exact) mass is 464 g/mol. The Labute approximate surface area is 197 Å². The molecule has 0 aromatic carbocycles. The summed E-state index contributed by atoms with van der Waals surface area (Å²) in [5, 5.41) is 12.1. The molecule has 0 bridgehead atoms. The van der Waals surface area contributed by atoms with Gasteiger partial charge in [-0.1, -0.05) is 31.9 Å². The van der Waals surface area contributed by atoms with Crippen molar-refractivity contribution in [2.45, 2.75) is 108 Å². The zero-order valence-electron chi connectivity index (χ0n) is 20.8. The normalized spacial score (nSPS) is 50.4. The summed E-state index contributed by atoms with van der Waals surface area (Å²) in [7, 11) is 0. The van der Waals surface area contributed by atoms with Crippen LogP contribution in [0.1, 0.15) is 85.5 Å². The van der Waals surface area contributed by atoms with Gasteiger partial charge in [0.1, 0.15) is 11.3 Å². The van der Waals surface area contributed by atoms with Crippen molar-refractivity contribution in [3.63, 3.8) is 0 Å². The minimum absolute atomic E-state index is 0.0848. The maximum Gasteiger partial charge on any atom is 0.195 e. The molecule has 6 atom stereocenters. The van der Waals surface area contributed by atoms with Gasteiger partial charge in [0, 0.05) is 29.6 Å². The van der Waals surface area contributed by atoms with Crippen LogP contribution in [0.3, 0.4) is 0 Å². The number of allylic oxidation sites excluding steroid dienone is 1. The molecule has 0 radical (unpaired) electrons. The number of hydrogen-bond acceptors (Lipinski definition) is 5. The first kappa shape index (κ1) is 22.9. The van der Waals surface area contributed by atoms with Crippen molar-refractivity contribution < 1.29 is 28.4 Å². The first-order chi connectivity index (χ1) is 15.6. The predicted octanol–water partition coefficient (Wildman–Crippen LogP) is 5.06. The van der Waals surface area contributed by atoms with E-state index in [1.807, 2.05) is 6.92 Å². The molecule has 5 nitrogen and oxygen atoms in total. The number of ether oxygens (including phenoxy) is 4. The van der Waals surface area contributed by atoms with Crippen LogP contribution in [0.15, 0.2) is 11.1 Å². The standard InChI is InChI=1S/C27H41FO5/c1-5-18-16-20-19-6-7-27(29,24(4)30-12-13-31-24)23(19,3)9-11-26(20,28)22(2)8-10-25(17-21(18)22)32-14-15-33-25/h19-20,29H,5-17H2,1-4H3/t19-,20-,22-,23-,26+,27+/m0/s1. The van der Waals surface area contributed by atoms with E-state index in [4.69, 9.17) is 18.9 Å². The second-order valence-corrected chi connectivity index (χ2v) is 12.3. The number of fused-ring (bicyclic) bond motifs is 5. The number of aliphatic hydroxyl groups is 1. The SMILES string of the molecule is CCC1=C2CC3(CC[C@]2(C)[C@@]2(F)CC[C@@]4(C)[C@@H](CC[C@]4(O)C4(C)OCCO4)[C@@H]2C1)OCCO3. The molecular weight excluding hydrogens is 423 g/mol. The van der Waals surface area contributed by atoms with Gasteiger partial charge >= 0.3 is 0 Å². The minimum atomic E-state index is -1.27. The Kier molecular flexibility index (Phi) is 4.88. The highest BCUT2D eigenvalue weighted by Crippen LogP contribution is 2.73. The molecule has 2 heterocycles. The number of rotatable bonds is 2. The molecule has 3 saturated carbocycles. The third-order valence-electron chi connectivity index (χ3n) is 11.4. The lowest BCUT2D eigenvalue weighted by Crippen LogP contribution is -2.67. The Balaban J connectivity index is 1.40. The molecule has 0 aromatic rings. The fourth-order valence-electron chi connectivity index (χ4n) is 9.35. The summed E-state index contributed by atoms with van der Waals surface area (Å²) in [6, 6.07) is 0. The van der Waals surface area contributed by atoms with E-state index in [0.717, 1.165) is 32.1 Å². The van der Waals surface area contributed by atoms with E-state index in [0.29, 0.717) is 52.1 Å². The number of alkyl halides is 1. The van der Waals surface area contributed by atoms with Crippen LogP contribution >= 0.6 is 0 Å². The van der Waals surface area contributed by atoms with Gasteiger partial charge in [0.05, 0.1) is 26.4 Å². The molecule has 0 aromatic heterocycles. The van der Waals surface area contributed by atoms with Crippen LogP contribution in [0.4, 0.5) is 4.39 Å². The molecule has 6 rings (SSSR count). The van der Waals surface area contributed by atoms with Crippen molar-refractivity contribution in [1.82, 2.24) is 0 Å². The summed E-state index contributed by atoms with van der Waals surface area (Å²) in [5.41, 5.74) is -0.617. The Hall–Kier alpha value is -0.530. The van der Waals surface area contributed by atoms with Crippen molar-refractivity contribution in [1.29, 1.82) is 0 Å².